The van der Waals surface area contributed by atoms with Crippen LogP contribution in [0.1, 0.15) is 18.7 Å². The van der Waals surface area contributed by atoms with Gasteiger partial charge >= 0.3 is 0 Å². The molecule has 5 aromatic rings. The van der Waals surface area contributed by atoms with Gasteiger partial charge in [-0.3, -0.25) is 9.36 Å². The number of H-pyrrole nitrogens is 1. The lowest BCUT2D eigenvalue weighted by Crippen LogP contribution is -2.25. The van der Waals surface area contributed by atoms with Gasteiger partial charge in [0.05, 0.1) is 23.4 Å². The number of fused-ring (bicyclic) bond motifs is 2. The average molecular weight is 435 g/mol. The molecule has 5 rings (SSSR count). The summed E-state index contributed by atoms with van der Waals surface area (Å²) in [6.45, 7) is 1.91. The minimum absolute atomic E-state index is 0.285. The van der Waals surface area contributed by atoms with Gasteiger partial charge in [0, 0.05) is 10.7 Å². The third-order valence-corrected chi connectivity index (χ3v) is 5.33. The first kappa shape index (κ1) is 19.2. The minimum Gasteiger partial charge on any atom is -0.360 e. The maximum absolute atomic E-state index is 13.9. The monoisotopic (exact) mass is 434 g/mol. The van der Waals surface area contributed by atoms with Crippen molar-refractivity contribution >= 4 is 39.4 Å². The van der Waals surface area contributed by atoms with E-state index >= 15 is 0 Å². The molecule has 0 unspecified atom stereocenters. The molecule has 2 aromatic carbocycles. The Kier molecular flexibility index (Phi) is 4.63. The predicted octanol–water partition coefficient (Wildman–Crippen LogP) is 4.62. The van der Waals surface area contributed by atoms with Crippen LogP contribution in [0.4, 0.5) is 10.2 Å². The molecule has 0 saturated heterocycles. The highest BCUT2D eigenvalue weighted by Gasteiger charge is 2.18. The lowest BCUT2D eigenvalue weighted by Gasteiger charge is -2.21. The van der Waals surface area contributed by atoms with E-state index < -0.39 is 5.82 Å². The van der Waals surface area contributed by atoms with Gasteiger partial charge in [0.15, 0.2) is 11.5 Å². The van der Waals surface area contributed by atoms with Crippen LogP contribution in [-0.4, -0.2) is 24.5 Å². The Morgan fingerprint density at radius 2 is 2.00 bits per heavy atom. The molecule has 3 aromatic heterocycles. The van der Waals surface area contributed by atoms with Gasteiger partial charge in [0.1, 0.15) is 17.7 Å². The van der Waals surface area contributed by atoms with Gasteiger partial charge in [0.25, 0.3) is 5.56 Å². The Bertz CT molecular complexity index is 1490. The van der Waals surface area contributed by atoms with Gasteiger partial charge < -0.3 is 10.3 Å². The highest BCUT2D eigenvalue weighted by atomic mass is 35.5. The first-order valence-corrected chi connectivity index (χ1v) is 9.91. The summed E-state index contributed by atoms with van der Waals surface area (Å²) < 4.78 is 15.4. The molecule has 3 heterocycles. The zero-order chi connectivity index (χ0) is 21.5. The summed E-state index contributed by atoms with van der Waals surface area (Å²) in [7, 11) is 0. The highest BCUT2D eigenvalue weighted by molar-refractivity contribution is 6.30. The average Bonchev–Trinajstić information content (AvgIpc) is 3.24. The molecule has 0 bridgehead atoms. The van der Waals surface area contributed by atoms with Gasteiger partial charge in [-0.15, -0.1) is 0 Å². The molecule has 7 nitrogen and oxygen atoms in total. The van der Waals surface area contributed by atoms with Crippen LogP contribution in [0.5, 0.6) is 0 Å². The lowest BCUT2D eigenvalue weighted by molar-refractivity contribution is 0.629. The number of halogens is 2. The number of benzene rings is 2. The van der Waals surface area contributed by atoms with Gasteiger partial charge in [-0.2, -0.15) is 0 Å². The number of aromatic nitrogens is 5. The molecule has 0 saturated carbocycles. The van der Waals surface area contributed by atoms with E-state index in [0.717, 1.165) is 0 Å². The SMILES string of the molecule is C[C@@H](Nc1ncnc2[nH]cnc12)c1cc2ccc(F)cc2c(=O)n1-c1cccc(Cl)c1. The third kappa shape index (κ3) is 3.40. The Labute approximate surface area is 180 Å². The van der Waals surface area contributed by atoms with E-state index in [1.165, 1.54) is 23.0 Å². The zero-order valence-corrected chi connectivity index (χ0v) is 17.1. The number of pyridine rings is 1. The number of hydrogen-bond donors (Lipinski definition) is 2. The van der Waals surface area contributed by atoms with Crippen molar-refractivity contribution in [3.8, 4) is 5.69 Å². The fourth-order valence-corrected chi connectivity index (χ4v) is 3.84. The summed E-state index contributed by atoms with van der Waals surface area (Å²) >= 11 is 6.19. The van der Waals surface area contributed by atoms with Gasteiger partial charge in [0.2, 0.25) is 0 Å². The normalized spacial score (nSPS) is 12.4. The van der Waals surface area contributed by atoms with Gasteiger partial charge in [-0.1, -0.05) is 23.7 Å². The first-order chi connectivity index (χ1) is 15.0. The highest BCUT2D eigenvalue weighted by Crippen LogP contribution is 2.26. The quantitative estimate of drug-likeness (QED) is 0.431. The van der Waals surface area contributed by atoms with Crippen molar-refractivity contribution in [1.82, 2.24) is 24.5 Å². The predicted molar refractivity (Wildman–Crippen MR) is 118 cm³/mol. The number of nitrogens with zero attached hydrogens (tertiary/aromatic N) is 4. The number of anilines is 1. The fourth-order valence-electron chi connectivity index (χ4n) is 3.65. The number of rotatable bonds is 4. The molecule has 0 aliphatic heterocycles. The first-order valence-electron chi connectivity index (χ1n) is 9.53. The van der Waals surface area contributed by atoms with Crippen LogP contribution < -0.4 is 10.9 Å². The summed E-state index contributed by atoms with van der Waals surface area (Å²) in [4.78, 5) is 29.1. The topological polar surface area (TPSA) is 88.5 Å². The smallest absolute Gasteiger partial charge is 0.263 e. The van der Waals surface area contributed by atoms with E-state index in [-0.39, 0.29) is 17.0 Å². The Balaban J connectivity index is 1.71. The number of hydrogen-bond acceptors (Lipinski definition) is 5. The van der Waals surface area contributed by atoms with Crippen molar-refractivity contribution in [3.63, 3.8) is 0 Å². The lowest BCUT2D eigenvalue weighted by atomic mass is 10.1. The molecule has 2 N–H and O–H groups in total. The largest absolute Gasteiger partial charge is 0.360 e. The number of nitrogens with one attached hydrogen (secondary N) is 2. The van der Waals surface area contributed by atoms with Gasteiger partial charge in [-0.05, 0) is 48.7 Å². The van der Waals surface area contributed by atoms with Crippen LogP contribution in [0.25, 0.3) is 27.6 Å². The Morgan fingerprint density at radius 3 is 2.84 bits per heavy atom. The summed E-state index contributed by atoms with van der Waals surface area (Å²) in [6, 6.07) is 12.7. The maximum atomic E-state index is 13.9. The standard InChI is InChI=1S/C22H16ClFN6O/c1-12(29-21-19-20(26-10-25-19)27-11-28-21)18-7-13-5-6-15(24)9-17(13)22(31)30(18)16-4-2-3-14(23)8-16/h2-12H,1H3,(H2,25,26,27,28,29)/t12-/m1/s1. The number of imidazole rings is 1. The molecule has 0 aliphatic carbocycles. The van der Waals surface area contributed by atoms with Crippen molar-refractivity contribution in [3.05, 3.63) is 88.1 Å². The number of aromatic amines is 1. The fraction of sp³-hybridized carbons (Fsp3) is 0.0909. The Hall–Kier alpha value is -3.78. The van der Waals surface area contributed by atoms with Crippen LogP contribution >= 0.6 is 11.6 Å². The molecule has 0 spiro atoms. The van der Waals surface area contributed by atoms with E-state index in [1.807, 2.05) is 13.0 Å². The van der Waals surface area contributed by atoms with Crippen LogP contribution in [0.3, 0.4) is 0 Å². The molecule has 31 heavy (non-hydrogen) atoms. The van der Waals surface area contributed by atoms with E-state index in [0.29, 0.717) is 38.8 Å². The van der Waals surface area contributed by atoms with Crippen LogP contribution in [0.2, 0.25) is 5.02 Å². The van der Waals surface area contributed by atoms with Crippen LogP contribution in [0, 0.1) is 5.82 Å². The van der Waals surface area contributed by atoms with Crippen molar-refractivity contribution in [2.45, 2.75) is 13.0 Å². The van der Waals surface area contributed by atoms with E-state index in [9.17, 15) is 9.18 Å². The molecule has 0 radical (unpaired) electrons. The zero-order valence-electron chi connectivity index (χ0n) is 16.3. The maximum Gasteiger partial charge on any atom is 0.263 e. The molecule has 0 amide bonds. The second kappa shape index (κ2) is 7.48. The molecular weight excluding hydrogens is 419 g/mol. The second-order valence-corrected chi connectivity index (χ2v) is 7.55. The van der Waals surface area contributed by atoms with Crippen LogP contribution in [0.15, 0.2) is 66.0 Å². The summed E-state index contributed by atoms with van der Waals surface area (Å²) in [5, 5.41) is 4.73. The molecule has 1 atom stereocenters. The Morgan fingerprint density at radius 1 is 1.13 bits per heavy atom. The van der Waals surface area contributed by atoms with Crippen molar-refractivity contribution < 1.29 is 4.39 Å². The molecule has 0 fully saturated rings. The molecule has 9 heteroatoms. The van der Waals surface area contributed by atoms with Gasteiger partial charge in [-0.25, -0.2) is 19.3 Å². The molecular formula is C22H16ClFN6O. The van der Waals surface area contributed by atoms with Crippen molar-refractivity contribution in [2.75, 3.05) is 5.32 Å². The summed E-state index contributed by atoms with van der Waals surface area (Å²) in [5.74, 6) is 0.0612. The molecule has 154 valence electrons. The van der Waals surface area contributed by atoms with E-state index in [1.54, 1.807) is 36.7 Å². The van der Waals surface area contributed by atoms with Crippen molar-refractivity contribution in [2.24, 2.45) is 0 Å². The van der Waals surface area contributed by atoms with E-state index in [2.05, 4.69) is 25.3 Å². The second-order valence-electron chi connectivity index (χ2n) is 7.11. The molecule has 0 aliphatic rings. The van der Waals surface area contributed by atoms with Crippen molar-refractivity contribution in [1.29, 1.82) is 0 Å². The van der Waals surface area contributed by atoms with Crippen LogP contribution in [-0.2, 0) is 0 Å². The minimum atomic E-state index is -0.469. The third-order valence-electron chi connectivity index (χ3n) is 5.09. The van der Waals surface area contributed by atoms with E-state index in [4.69, 9.17) is 11.6 Å². The summed E-state index contributed by atoms with van der Waals surface area (Å²) in [5.41, 5.74) is 2.10. The summed E-state index contributed by atoms with van der Waals surface area (Å²) in [6.07, 6.45) is 2.98.